The van der Waals surface area contributed by atoms with Crippen molar-refractivity contribution in [3.05, 3.63) is 68.8 Å². The van der Waals surface area contributed by atoms with E-state index in [2.05, 4.69) is 52.0 Å². The van der Waals surface area contributed by atoms with Crippen LogP contribution in [0.1, 0.15) is 62.1 Å². The Bertz CT molecular complexity index is 692. The SMILES string of the molecule is Cc1cc(C)c(C(=O)C(C)c2c(C)cc(C)cc2C)c(C)c1. The van der Waals surface area contributed by atoms with Crippen molar-refractivity contribution in [2.45, 2.75) is 54.4 Å². The molecular weight excluding hydrogens is 268 g/mol. The second-order valence-electron chi connectivity index (χ2n) is 6.67. The highest BCUT2D eigenvalue weighted by atomic mass is 16.1. The average molecular weight is 294 g/mol. The van der Waals surface area contributed by atoms with Crippen LogP contribution in [0.3, 0.4) is 0 Å². The molecule has 1 heteroatoms. The monoisotopic (exact) mass is 294 g/mol. The maximum Gasteiger partial charge on any atom is 0.170 e. The van der Waals surface area contributed by atoms with Crippen molar-refractivity contribution in [3.63, 3.8) is 0 Å². The maximum atomic E-state index is 13.1. The van der Waals surface area contributed by atoms with Gasteiger partial charge in [-0.1, -0.05) is 42.3 Å². The van der Waals surface area contributed by atoms with E-state index in [0.717, 1.165) is 16.7 Å². The molecule has 0 saturated carbocycles. The van der Waals surface area contributed by atoms with Crippen molar-refractivity contribution in [3.8, 4) is 0 Å². The number of carbonyl (C=O) groups is 1. The van der Waals surface area contributed by atoms with E-state index in [1.165, 1.54) is 27.8 Å². The molecule has 0 spiro atoms. The van der Waals surface area contributed by atoms with Crippen LogP contribution in [0.2, 0.25) is 0 Å². The number of hydrogen-bond acceptors (Lipinski definition) is 1. The number of ketones is 1. The minimum atomic E-state index is -0.110. The van der Waals surface area contributed by atoms with Gasteiger partial charge in [-0.25, -0.2) is 0 Å². The Labute approximate surface area is 134 Å². The van der Waals surface area contributed by atoms with Crippen LogP contribution in [0.25, 0.3) is 0 Å². The predicted molar refractivity (Wildman–Crippen MR) is 94.1 cm³/mol. The lowest BCUT2D eigenvalue weighted by Gasteiger charge is -2.20. The summed E-state index contributed by atoms with van der Waals surface area (Å²) >= 11 is 0. The summed E-state index contributed by atoms with van der Waals surface area (Å²) in [6.45, 7) is 14.5. The summed E-state index contributed by atoms with van der Waals surface area (Å²) in [5.41, 5.74) is 9.10. The summed E-state index contributed by atoms with van der Waals surface area (Å²) < 4.78 is 0. The lowest BCUT2D eigenvalue weighted by Crippen LogP contribution is -2.15. The van der Waals surface area contributed by atoms with Crippen LogP contribution in [0.15, 0.2) is 24.3 Å². The van der Waals surface area contributed by atoms with E-state index < -0.39 is 0 Å². The van der Waals surface area contributed by atoms with Crippen LogP contribution in [-0.4, -0.2) is 5.78 Å². The van der Waals surface area contributed by atoms with Gasteiger partial charge in [-0.15, -0.1) is 0 Å². The highest BCUT2D eigenvalue weighted by Gasteiger charge is 2.23. The normalized spacial score (nSPS) is 12.3. The smallest absolute Gasteiger partial charge is 0.170 e. The van der Waals surface area contributed by atoms with Gasteiger partial charge in [0.1, 0.15) is 0 Å². The maximum absolute atomic E-state index is 13.1. The Balaban J connectivity index is 2.51. The third-order valence-electron chi connectivity index (χ3n) is 4.49. The van der Waals surface area contributed by atoms with Crippen LogP contribution < -0.4 is 0 Å². The third-order valence-corrected chi connectivity index (χ3v) is 4.49. The molecule has 0 heterocycles. The summed E-state index contributed by atoms with van der Waals surface area (Å²) in [4.78, 5) is 13.1. The highest BCUT2D eigenvalue weighted by molar-refractivity contribution is 6.03. The molecule has 0 amide bonds. The lowest BCUT2D eigenvalue weighted by atomic mass is 9.83. The van der Waals surface area contributed by atoms with Gasteiger partial charge in [0.25, 0.3) is 0 Å². The van der Waals surface area contributed by atoms with Gasteiger partial charge in [0.15, 0.2) is 5.78 Å². The molecule has 0 aliphatic heterocycles. The first-order valence-corrected chi connectivity index (χ1v) is 7.92. The molecule has 0 radical (unpaired) electrons. The van der Waals surface area contributed by atoms with Crippen molar-refractivity contribution < 1.29 is 4.79 Å². The Kier molecular flexibility index (Phi) is 4.55. The molecule has 0 fully saturated rings. The quantitative estimate of drug-likeness (QED) is 0.681. The molecule has 0 N–H and O–H groups in total. The topological polar surface area (TPSA) is 17.1 Å². The zero-order chi connectivity index (χ0) is 16.6. The molecule has 0 bridgehead atoms. The molecule has 2 rings (SSSR count). The van der Waals surface area contributed by atoms with Crippen LogP contribution in [0.4, 0.5) is 0 Å². The number of benzene rings is 2. The first-order chi connectivity index (χ1) is 10.2. The number of carbonyl (C=O) groups excluding carboxylic acids is 1. The molecule has 0 saturated heterocycles. The fourth-order valence-corrected chi connectivity index (χ4v) is 3.79. The molecule has 116 valence electrons. The fourth-order valence-electron chi connectivity index (χ4n) is 3.79. The molecule has 0 aliphatic carbocycles. The van der Waals surface area contributed by atoms with Gasteiger partial charge in [-0.05, 0) is 69.4 Å². The van der Waals surface area contributed by atoms with E-state index in [4.69, 9.17) is 0 Å². The van der Waals surface area contributed by atoms with E-state index >= 15 is 0 Å². The summed E-state index contributed by atoms with van der Waals surface area (Å²) in [6.07, 6.45) is 0. The van der Waals surface area contributed by atoms with Gasteiger partial charge in [-0.2, -0.15) is 0 Å². The van der Waals surface area contributed by atoms with Crippen molar-refractivity contribution in [1.29, 1.82) is 0 Å². The van der Waals surface area contributed by atoms with E-state index in [9.17, 15) is 4.79 Å². The van der Waals surface area contributed by atoms with Crippen molar-refractivity contribution in [1.82, 2.24) is 0 Å². The highest BCUT2D eigenvalue weighted by Crippen LogP contribution is 2.30. The zero-order valence-electron chi connectivity index (χ0n) is 14.8. The molecule has 1 nitrogen and oxygen atoms in total. The average Bonchev–Trinajstić information content (AvgIpc) is 2.35. The summed E-state index contributed by atoms with van der Waals surface area (Å²) in [7, 11) is 0. The molecule has 22 heavy (non-hydrogen) atoms. The van der Waals surface area contributed by atoms with Crippen LogP contribution >= 0.6 is 0 Å². The van der Waals surface area contributed by atoms with Gasteiger partial charge in [0, 0.05) is 11.5 Å². The van der Waals surface area contributed by atoms with E-state index in [0.29, 0.717) is 0 Å². The largest absolute Gasteiger partial charge is 0.293 e. The Morgan fingerprint density at radius 2 is 1.09 bits per heavy atom. The van der Waals surface area contributed by atoms with E-state index in [1.54, 1.807) is 0 Å². The molecule has 1 atom stereocenters. The zero-order valence-corrected chi connectivity index (χ0v) is 14.8. The van der Waals surface area contributed by atoms with E-state index in [-0.39, 0.29) is 11.7 Å². The first-order valence-electron chi connectivity index (χ1n) is 7.92. The first kappa shape index (κ1) is 16.5. The van der Waals surface area contributed by atoms with Crippen LogP contribution in [0.5, 0.6) is 0 Å². The summed E-state index contributed by atoms with van der Waals surface area (Å²) in [5.74, 6) is 0.116. The molecular formula is C21H26O. The third kappa shape index (κ3) is 2.99. The van der Waals surface area contributed by atoms with Gasteiger partial charge in [0.2, 0.25) is 0 Å². The second-order valence-corrected chi connectivity index (χ2v) is 6.67. The van der Waals surface area contributed by atoms with Crippen molar-refractivity contribution >= 4 is 5.78 Å². The van der Waals surface area contributed by atoms with Crippen molar-refractivity contribution in [2.24, 2.45) is 0 Å². The second kappa shape index (κ2) is 6.08. The Morgan fingerprint density at radius 1 is 0.727 bits per heavy atom. The molecule has 0 aromatic heterocycles. The molecule has 0 aliphatic rings. The van der Waals surface area contributed by atoms with Crippen LogP contribution in [0, 0.1) is 41.5 Å². The lowest BCUT2D eigenvalue weighted by molar-refractivity contribution is 0.0964. The molecule has 2 aromatic carbocycles. The number of aryl methyl sites for hydroxylation is 6. The minimum Gasteiger partial charge on any atom is -0.293 e. The van der Waals surface area contributed by atoms with Crippen molar-refractivity contribution in [2.75, 3.05) is 0 Å². The predicted octanol–water partition coefficient (Wildman–Crippen LogP) is 5.52. The van der Waals surface area contributed by atoms with Gasteiger partial charge in [-0.3, -0.25) is 4.79 Å². The summed E-state index contributed by atoms with van der Waals surface area (Å²) in [6, 6.07) is 8.53. The molecule has 2 aromatic rings. The van der Waals surface area contributed by atoms with E-state index in [1.807, 2.05) is 20.8 Å². The number of rotatable bonds is 3. The number of hydrogen-bond donors (Lipinski definition) is 0. The Hall–Kier alpha value is -1.89. The van der Waals surface area contributed by atoms with Crippen LogP contribution in [-0.2, 0) is 0 Å². The van der Waals surface area contributed by atoms with Gasteiger partial charge >= 0.3 is 0 Å². The molecule has 1 unspecified atom stereocenters. The minimum absolute atomic E-state index is 0.110. The standard InChI is InChI=1S/C21H26O/c1-12-8-14(3)19(15(4)9-12)18(7)21(22)20-16(5)10-13(2)11-17(20)6/h8-11,18H,1-7H3. The fraction of sp³-hybridized carbons (Fsp3) is 0.381. The van der Waals surface area contributed by atoms with Gasteiger partial charge < -0.3 is 0 Å². The van der Waals surface area contributed by atoms with Gasteiger partial charge in [0.05, 0.1) is 0 Å². The number of Topliss-reactive ketones (excluding diaryl/α,β-unsaturated/α-hetero) is 1. The Morgan fingerprint density at radius 3 is 1.50 bits per heavy atom. The summed E-state index contributed by atoms with van der Waals surface area (Å²) in [5, 5.41) is 0.